The highest BCUT2D eigenvalue weighted by Gasteiger charge is 2.31. The number of nitrogens with one attached hydrogen (secondary N) is 2. The van der Waals surface area contributed by atoms with E-state index in [1.165, 1.54) is 12.8 Å². The lowest BCUT2D eigenvalue weighted by Gasteiger charge is -2.15. The zero-order chi connectivity index (χ0) is 12.5. The van der Waals surface area contributed by atoms with Gasteiger partial charge in [-0.25, -0.2) is 4.98 Å². The number of nitrogens with two attached hydrogens (primary N) is 1. The molecule has 1 aliphatic carbocycles. The Morgan fingerprint density at radius 2 is 2.39 bits per heavy atom. The molecule has 0 aliphatic heterocycles. The Morgan fingerprint density at radius 1 is 1.56 bits per heavy atom. The predicted octanol–water partition coefficient (Wildman–Crippen LogP) is 1.03. The third-order valence-electron chi connectivity index (χ3n) is 3.44. The minimum absolute atomic E-state index is 0.0612. The first-order chi connectivity index (χ1) is 8.78. The van der Waals surface area contributed by atoms with Crippen molar-refractivity contribution in [3.05, 3.63) is 30.1 Å². The largest absolute Gasteiger partial charge is 0.348 e. The van der Waals surface area contributed by atoms with Crippen molar-refractivity contribution in [1.29, 1.82) is 0 Å². The molecule has 2 aromatic rings. The molecule has 0 radical (unpaired) electrons. The van der Waals surface area contributed by atoms with Gasteiger partial charge in [0, 0.05) is 18.2 Å². The average molecular weight is 244 g/mol. The lowest BCUT2D eigenvalue weighted by molar-refractivity contribution is 0.0933. The quantitative estimate of drug-likeness (QED) is 0.751. The van der Waals surface area contributed by atoms with E-state index in [4.69, 9.17) is 5.73 Å². The minimum Gasteiger partial charge on any atom is -0.348 e. The van der Waals surface area contributed by atoms with Gasteiger partial charge in [0.25, 0.3) is 5.91 Å². The van der Waals surface area contributed by atoms with Crippen LogP contribution in [0.25, 0.3) is 11.0 Å². The fraction of sp³-hybridized carbons (Fsp3) is 0.385. The summed E-state index contributed by atoms with van der Waals surface area (Å²) in [5.41, 5.74) is 8.07. The Hall–Kier alpha value is -1.88. The van der Waals surface area contributed by atoms with Crippen LogP contribution in [0.3, 0.4) is 0 Å². The van der Waals surface area contributed by atoms with Crippen molar-refractivity contribution < 1.29 is 4.79 Å². The van der Waals surface area contributed by atoms with Crippen LogP contribution in [0.1, 0.15) is 23.2 Å². The average Bonchev–Trinajstić information content (AvgIpc) is 3.12. The highest BCUT2D eigenvalue weighted by atomic mass is 16.1. The third kappa shape index (κ3) is 2.09. The number of hydrogen-bond acceptors (Lipinski definition) is 3. The van der Waals surface area contributed by atoms with Gasteiger partial charge in [-0.1, -0.05) is 0 Å². The Kier molecular flexibility index (Phi) is 2.76. The van der Waals surface area contributed by atoms with E-state index < -0.39 is 0 Å². The zero-order valence-corrected chi connectivity index (χ0v) is 10.0. The highest BCUT2D eigenvalue weighted by Crippen LogP contribution is 2.32. The Balaban J connectivity index is 1.78. The standard InChI is InChI=1S/C13H16N4O/c14-6-12(8-1-2-8)17-13(18)9-3-4-10-11(5-9)16-7-15-10/h3-5,7-8,12H,1-2,6,14H2,(H,15,16)(H,17,18). The maximum Gasteiger partial charge on any atom is 0.251 e. The Bertz CT molecular complexity index is 573. The Morgan fingerprint density at radius 3 is 3.11 bits per heavy atom. The molecule has 5 nitrogen and oxygen atoms in total. The molecule has 1 amide bonds. The van der Waals surface area contributed by atoms with E-state index in [9.17, 15) is 4.79 Å². The fourth-order valence-corrected chi connectivity index (χ4v) is 2.20. The van der Waals surface area contributed by atoms with Crippen LogP contribution in [0.4, 0.5) is 0 Å². The number of nitrogens with zero attached hydrogens (tertiary/aromatic N) is 1. The molecular weight excluding hydrogens is 228 g/mol. The molecule has 94 valence electrons. The van der Waals surface area contributed by atoms with Crippen molar-refractivity contribution in [2.24, 2.45) is 11.7 Å². The monoisotopic (exact) mass is 244 g/mol. The maximum atomic E-state index is 12.1. The first-order valence-corrected chi connectivity index (χ1v) is 6.22. The Labute approximate surface area is 105 Å². The fourth-order valence-electron chi connectivity index (χ4n) is 2.20. The highest BCUT2D eigenvalue weighted by molar-refractivity contribution is 5.97. The number of H-pyrrole nitrogens is 1. The molecule has 1 fully saturated rings. The van der Waals surface area contributed by atoms with Crippen LogP contribution in [-0.4, -0.2) is 28.5 Å². The summed E-state index contributed by atoms with van der Waals surface area (Å²) in [4.78, 5) is 19.2. The van der Waals surface area contributed by atoms with E-state index in [1.54, 1.807) is 12.4 Å². The number of benzene rings is 1. The van der Waals surface area contributed by atoms with Crippen molar-refractivity contribution >= 4 is 16.9 Å². The van der Waals surface area contributed by atoms with Gasteiger partial charge < -0.3 is 16.0 Å². The summed E-state index contributed by atoms with van der Waals surface area (Å²) < 4.78 is 0. The van der Waals surface area contributed by atoms with Crippen LogP contribution < -0.4 is 11.1 Å². The van der Waals surface area contributed by atoms with Gasteiger partial charge in [-0.05, 0) is 37.0 Å². The van der Waals surface area contributed by atoms with Crippen LogP contribution in [0.5, 0.6) is 0 Å². The summed E-state index contributed by atoms with van der Waals surface area (Å²) >= 11 is 0. The number of aromatic amines is 1. The number of amides is 1. The lowest BCUT2D eigenvalue weighted by Crippen LogP contribution is -2.41. The molecule has 1 aromatic carbocycles. The second-order valence-electron chi connectivity index (χ2n) is 4.79. The number of aromatic nitrogens is 2. The smallest absolute Gasteiger partial charge is 0.251 e. The number of carbonyl (C=O) groups excluding carboxylic acids is 1. The van der Waals surface area contributed by atoms with Crippen LogP contribution >= 0.6 is 0 Å². The van der Waals surface area contributed by atoms with Crippen molar-refractivity contribution in [3.63, 3.8) is 0 Å². The van der Waals surface area contributed by atoms with Gasteiger partial charge in [-0.15, -0.1) is 0 Å². The minimum atomic E-state index is -0.0612. The van der Waals surface area contributed by atoms with Crippen LogP contribution in [0.15, 0.2) is 24.5 Å². The van der Waals surface area contributed by atoms with Crippen LogP contribution in [-0.2, 0) is 0 Å². The summed E-state index contributed by atoms with van der Waals surface area (Å²) in [6.45, 7) is 0.503. The van der Waals surface area contributed by atoms with Gasteiger partial charge in [-0.2, -0.15) is 0 Å². The second-order valence-corrected chi connectivity index (χ2v) is 4.79. The molecule has 5 heteroatoms. The summed E-state index contributed by atoms with van der Waals surface area (Å²) in [6.07, 6.45) is 3.96. The summed E-state index contributed by atoms with van der Waals surface area (Å²) in [5, 5.41) is 3.00. The van der Waals surface area contributed by atoms with Gasteiger partial charge in [0.1, 0.15) is 0 Å². The summed E-state index contributed by atoms with van der Waals surface area (Å²) in [6, 6.07) is 5.56. The van der Waals surface area contributed by atoms with Gasteiger partial charge in [-0.3, -0.25) is 4.79 Å². The van der Waals surface area contributed by atoms with E-state index in [2.05, 4.69) is 15.3 Å². The normalized spacial score (nSPS) is 16.7. The number of fused-ring (bicyclic) bond motifs is 1. The number of carbonyl (C=O) groups is 1. The SMILES string of the molecule is NCC(NC(=O)c1ccc2nc[nH]c2c1)C1CC1. The van der Waals surface area contributed by atoms with Gasteiger partial charge >= 0.3 is 0 Å². The first-order valence-electron chi connectivity index (χ1n) is 6.22. The van der Waals surface area contributed by atoms with E-state index in [-0.39, 0.29) is 11.9 Å². The van der Waals surface area contributed by atoms with Gasteiger partial charge in [0.05, 0.1) is 17.4 Å². The molecule has 18 heavy (non-hydrogen) atoms. The molecule has 1 atom stereocenters. The van der Waals surface area contributed by atoms with E-state index >= 15 is 0 Å². The summed E-state index contributed by atoms with van der Waals surface area (Å²) in [7, 11) is 0. The molecule has 3 rings (SSSR count). The maximum absolute atomic E-state index is 12.1. The van der Waals surface area contributed by atoms with Crippen molar-refractivity contribution in [1.82, 2.24) is 15.3 Å². The molecule has 1 aromatic heterocycles. The van der Waals surface area contributed by atoms with E-state index in [1.807, 2.05) is 12.1 Å². The van der Waals surface area contributed by atoms with Crippen LogP contribution in [0.2, 0.25) is 0 Å². The molecule has 0 saturated heterocycles. The molecule has 1 heterocycles. The van der Waals surface area contributed by atoms with Gasteiger partial charge in [0.15, 0.2) is 0 Å². The number of rotatable bonds is 4. The molecule has 1 aliphatic rings. The molecule has 0 bridgehead atoms. The summed E-state index contributed by atoms with van der Waals surface area (Å²) in [5.74, 6) is 0.503. The van der Waals surface area contributed by atoms with E-state index in [0.29, 0.717) is 18.0 Å². The second kappa shape index (κ2) is 4.42. The molecule has 1 saturated carbocycles. The first kappa shape index (κ1) is 11.2. The van der Waals surface area contributed by atoms with Crippen molar-refractivity contribution in [2.45, 2.75) is 18.9 Å². The number of hydrogen-bond donors (Lipinski definition) is 3. The third-order valence-corrected chi connectivity index (χ3v) is 3.44. The molecule has 0 spiro atoms. The molecule has 4 N–H and O–H groups in total. The van der Waals surface area contributed by atoms with Crippen molar-refractivity contribution in [3.8, 4) is 0 Å². The van der Waals surface area contributed by atoms with Gasteiger partial charge in [0.2, 0.25) is 0 Å². The van der Waals surface area contributed by atoms with Crippen molar-refractivity contribution in [2.75, 3.05) is 6.54 Å². The predicted molar refractivity (Wildman–Crippen MR) is 69.1 cm³/mol. The molecule has 1 unspecified atom stereocenters. The molecular formula is C13H16N4O. The topological polar surface area (TPSA) is 83.8 Å². The van der Waals surface area contributed by atoms with Crippen LogP contribution in [0, 0.1) is 5.92 Å². The van der Waals surface area contributed by atoms with E-state index in [0.717, 1.165) is 11.0 Å². The lowest BCUT2D eigenvalue weighted by atomic mass is 10.1. The zero-order valence-electron chi connectivity index (χ0n) is 10.0. The number of imidazole rings is 1.